The third-order valence-corrected chi connectivity index (χ3v) is 7.95. The molecule has 0 spiro atoms. The second-order valence-corrected chi connectivity index (χ2v) is 10.5. The number of hydrogen-bond acceptors (Lipinski definition) is 8. The molecule has 0 bridgehead atoms. The Morgan fingerprint density at radius 1 is 1.18 bits per heavy atom. The molecule has 3 heterocycles. The number of aromatic nitrogens is 2. The van der Waals surface area contributed by atoms with Crippen molar-refractivity contribution < 1.29 is 14.3 Å². The first-order chi connectivity index (χ1) is 18.5. The molecule has 5 rings (SSSR count). The molecule has 0 unspecified atom stereocenters. The van der Waals surface area contributed by atoms with Crippen LogP contribution in [0.5, 0.6) is 5.75 Å². The van der Waals surface area contributed by atoms with Gasteiger partial charge >= 0.3 is 0 Å². The van der Waals surface area contributed by atoms with E-state index in [0.29, 0.717) is 42.0 Å². The van der Waals surface area contributed by atoms with Gasteiger partial charge in [-0.1, -0.05) is 19.8 Å². The lowest BCUT2D eigenvalue weighted by Gasteiger charge is -2.30. The van der Waals surface area contributed by atoms with Crippen LogP contribution in [0.2, 0.25) is 0 Å². The fraction of sp³-hybridized carbons (Fsp3) is 0.571. The zero-order chi connectivity index (χ0) is 26.6. The van der Waals surface area contributed by atoms with Crippen molar-refractivity contribution in [1.82, 2.24) is 20.2 Å². The Morgan fingerprint density at radius 2 is 2.00 bits per heavy atom. The fourth-order valence-corrected chi connectivity index (χ4v) is 5.86. The highest BCUT2D eigenvalue weighted by molar-refractivity contribution is 5.97. The first-order valence-electron chi connectivity index (χ1n) is 13.8. The topological polar surface area (TPSA) is 103 Å². The molecule has 1 saturated heterocycles. The molecular formula is C28H39N7O3. The average molecular weight is 522 g/mol. The molecular weight excluding hydrogens is 482 g/mol. The van der Waals surface area contributed by atoms with Gasteiger partial charge in [-0.3, -0.25) is 9.59 Å². The van der Waals surface area contributed by atoms with Crippen molar-refractivity contribution in [3.8, 4) is 5.75 Å². The Hall–Kier alpha value is -3.40. The van der Waals surface area contributed by atoms with Gasteiger partial charge in [0.05, 0.1) is 19.0 Å². The van der Waals surface area contributed by atoms with Gasteiger partial charge in [0.15, 0.2) is 5.82 Å². The molecule has 1 aromatic carbocycles. The monoisotopic (exact) mass is 521 g/mol. The predicted molar refractivity (Wildman–Crippen MR) is 149 cm³/mol. The van der Waals surface area contributed by atoms with Crippen LogP contribution in [0.25, 0.3) is 0 Å². The number of benzene rings is 1. The van der Waals surface area contributed by atoms with Gasteiger partial charge in [0.2, 0.25) is 11.9 Å². The number of fused-ring (bicyclic) bond motifs is 1. The van der Waals surface area contributed by atoms with Crippen molar-refractivity contribution in [3.63, 3.8) is 0 Å². The summed E-state index contributed by atoms with van der Waals surface area (Å²) in [5.74, 6) is 1.72. The lowest BCUT2D eigenvalue weighted by Crippen LogP contribution is -2.37. The molecule has 1 aromatic heterocycles. The number of anilines is 4. The van der Waals surface area contributed by atoms with Gasteiger partial charge in [-0.25, -0.2) is 4.98 Å². The maximum atomic E-state index is 12.9. The lowest BCUT2D eigenvalue weighted by atomic mass is 10.1. The van der Waals surface area contributed by atoms with Crippen LogP contribution in [0.4, 0.5) is 23.1 Å². The summed E-state index contributed by atoms with van der Waals surface area (Å²) in [5.41, 5.74) is 1.95. The summed E-state index contributed by atoms with van der Waals surface area (Å²) in [7, 11) is 3.37. The number of rotatable bonds is 8. The molecule has 10 nitrogen and oxygen atoms in total. The highest BCUT2D eigenvalue weighted by Gasteiger charge is 2.32. The normalized spacial score (nSPS) is 20.4. The Kier molecular flexibility index (Phi) is 7.97. The Bertz CT molecular complexity index is 1170. The van der Waals surface area contributed by atoms with Crippen LogP contribution in [0.15, 0.2) is 24.4 Å². The van der Waals surface area contributed by atoms with Crippen LogP contribution < -0.4 is 25.2 Å². The van der Waals surface area contributed by atoms with Crippen molar-refractivity contribution in [1.29, 1.82) is 0 Å². The molecule has 2 aliphatic heterocycles. The quantitative estimate of drug-likeness (QED) is 0.544. The summed E-state index contributed by atoms with van der Waals surface area (Å²) in [5, 5.41) is 6.44. The Morgan fingerprint density at radius 3 is 2.76 bits per heavy atom. The number of methoxy groups -OCH3 is 1. The second-order valence-electron chi connectivity index (χ2n) is 10.5. The van der Waals surface area contributed by atoms with Crippen LogP contribution in [-0.2, 0) is 4.79 Å². The Labute approximate surface area is 224 Å². The smallest absolute Gasteiger partial charge is 0.251 e. The third-order valence-electron chi connectivity index (χ3n) is 7.95. The lowest BCUT2D eigenvalue weighted by molar-refractivity contribution is -0.118. The molecule has 2 amide bonds. The molecule has 0 radical (unpaired) electrons. The summed E-state index contributed by atoms with van der Waals surface area (Å²) in [4.78, 5) is 41.3. The molecule has 2 fully saturated rings. The van der Waals surface area contributed by atoms with Gasteiger partial charge in [-0.15, -0.1) is 0 Å². The minimum absolute atomic E-state index is 0.0715. The number of likely N-dealkylation sites (tertiary alicyclic amines) is 1. The molecule has 3 aliphatic rings. The molecule has 38 heavy (non-hydrogen) atoms. The number of nitrogens with one attached hydrogen (secondary N) is 2. The van der Waals surface area contributed by atoms with E-state index in [1.165, 1.54) is 12.8 Å². The molecule has 2 aromatic rings. The van der Waals surface area contributed by atoms with Crippen LogP contribution in [-0.4, -0.2) is 79.1 Å². The minimum atomic E-state index is -0.0978. The molecule has 1 saturated carbocycles. The molecule has 2 N–H and O–H groups in total. The summed E-state index contributed by atoms with van der Waals surface area (Å²) < 4.78 is 5.62. The minimum Gasteiger partial charge on any atom is -0.495 e. The van der Waals surface area contributed by atoms with E-state index >= 15 is 0 Å². The van der Waals surface area contributed by atoms with E-state index in [9.17, 15) is 9.59 Å². The van der Waals surface area contributed by atoms with E-state index in [1.54, 1.807) is 37.4 Å². The third kappa shape index (κ3) is 5.55. The van der Waals surface area contributed by atoms with E-state index in [0.717, 1.165) is 56.8 Å². The van der Waals surface area contributed by atoms with E-state index in [1.807, 2.05) is 6.07 Å². The van der Waals surface area contributed by atoms with Crippen LogP contribution in [0, 0.1) is 0 Å². The van der Waals surface area contributed by atoms with Crippen LogP contribution in [0.1, 0.15) is 62.2 Å². The van der Waals surface area contributed by atoms with Crippen molar-refractivity contribution in [3.05, 3.63) is 30.0 Å². The standard InChI is InChI=1S/C28H39N7O3/c1-4-13-34-14-11-20(18-34)30-27(37)19-9-10-22(24(16-19)38-3)31-28-29-17-23-26(32-28)35(21-7-5-6-8-21)15-12-25(36)33(23)2/h9-10,16-17,20-21H,4-8,11-15,18H2,1-3H3,(H,30,37)(H,29,31,32)/t20-/m1/s1. The number of hydrogen-bond donors (Lipinski definition) is 2. The van der Waals surface area contributed by atoms with Gasteiger partial charge in [0.1, 0.15) is 11.4 Å². The summed E-state index contributed by atoms with van der Waals surface area (Å²) >= 11 is 0. The SMILES string of the molecule is CCCN1CC[C@@H](NC(=O)c2ccc(Nc3ncc4c(n3)N(C3CCCC3)CCC(=O)N4C)c(OC)c2)C1. The number of carbonyl (C=O) groups is 2. The van der Waals surface area contributed by atoms with E-state index < -0.39 is 0 Å². The summed E-state index contributed by atoms with van der Waals surface area (Å²) in [6, 6.07) is 5.91. The zero-order valence-electron chi connectivity index (χ0n) is 22.7. The van der Waals surface area contributed by atoms with Crippen molar-refractivity contribution in [2.75, 3.05) is 55.5 Å². The van der Waals surface area contributed by atoms with E-state index in [2.05, 4.69) is 32.3 Å². The zero-order valence-corrected chi connectivity index (χ0v) is 22.7. The number of nitrogens with zero attached hydrogens (tertiary/aromatic N) is 5. The molecule has 1 aliphatic carbocycles. The van der Waals surface area contributed by atoms with Gasteiger partial charge in [-0.05, 0) is 50.4 Å². The molecule has 1 atom stereocenters. The largest absolute Gasteiger partial charge is 0.495 e. The Balaban J connectivity index is 1.34. The first kappa shape index (κ1) is 26.2. The van der Waals surface area contributed by atoms with Gasteiger partial charge < -0.3 is 30.1 Å². The highest BCUT2D eigenvalue weighted by atomic mass is 16.5. The van der Waals surface area contributed by atoms with Crippen LogP contribution >= 0.6 is 0 Å². The van der Waals surface area contributed by atoms with Crippen LogP contribution in [0.3, 0.4) is 0 Å². The number of ether oxygens (including phenoxy) is 1. The number of carbonyl (C=O) groups excluding carboxylic acids is 2. The van der Waals surface area contributed by atoms with Gasteiger partial charge in [0, 0.05) is 50.7 Å². The van der Waals surface area contributed by atoms with Gasteiger partial charge in [-0.2, -0.15) is 4.98 Å². The van der Waals surface area contributed by atoms with E-state index in [-0.39, 0.29) is 17.9 Å². The fourth-order valence-electron chi connectivity index (χ4n) is 5.86. The predicted octanol–water partition coefficient (Wildman–Crippen LogP) is 3.56. The maximum absolute atomic E-state index is 12.9. The average Bonchev–Trinajstić information content (AvgIpc) is 3.59. The second kappa shape index (κ2) is 11.6. The first-order valence-corrected chi connectivity index (χ1v) is 13.8. The van der Waals surface area contributed by atoms with Gasteiger partial charge in [0.25, 0.3) is 5.91 Å². The summed E-state index contributed by atoms with van der Waals surface area (Å²) in [6.45, 7) is 5.81. The molecule has 204 valence electrons. The number of amides is 2. The van der Waals surface area contributed by atoms with Crippen molar-refractivity contribution in [2.24, 2.45) is 0 Å². The maximum Gasteiger partial charge on any atom is 0.251 e. The highest BCUT2D eigenvalue weighted by Crippen LogP contribution is 2.37. The van der Waals surface area contributed by atoms with Crippen molar-refractivity contribution in [2.45, 2.75) is 64.0 Å². The van der Waals surface area contributed by atoms with E-state index in [4.69, 9.17) is 9.72 Å². The van der Waals surface area contributed by atoms with Crippen molar-refractivity contribution >= 4 is 35.0 Å². The summed E-state index contributed by atoms with van der Waals surface area (Å²) in [6.07, 6.45) is 8.88. The molecule has 10 heteroatoms.